The van der Waals surface area contributed by atoms with Gasteiger partial charge in [-0.1, -0.05) is 30.3 Å². The maximum Gasteiger partial charge on any atom is 0.251 e. The number of amides is 2. The fraction of sp³-hybridized carbons (Fsp3) is 0.529. The Kier molecular flexibility index (Phi) is 3.27. The van der Waals surface area contributed by atoms with Crippen LogP contribution in [-0.4, -0.2) is 28.8 Å². The van der Waals surface area contributed by atoms with Crippen LogP contribution in [0.4, 0.5) is 0 Å². The fourth-order valence-corrected chi connectivity index (χ4v) is 3.38. The first-order valence-electron chi connectivity index (χ1n) is 7.66. The largest absolute Gasteiger partial charge is 0.342 e. The quantitative estimate of drug-likeness (QED) is 0.924. The molecule has 1 saturated carbocycles. The third-order valence-corrected chi connectivity index (χ3v) is 4.66. The molecule has 4 heteroatoms. The van der Waals surface area contributed by atoms with Gasteiger partial charge in [0.2, 0.25) is 5.91 Å². The molecule has 2 atom stereocenters. The van der Waals surface area contributed by atoms with Crippen LogP contribution in [0, 0.1) is 5.92 Å². The number of carbonyl (C=O) groups excluding carboxylic acids is 2. The van der Waals surface area contributed by atoms with E-state index in [0.29, 0.717) is 5.92 Å². The highest BCUT2D eigenvalue weighted by Crippen LogP contribution is 2.40. The smallest absolute Gasteiger partial charge is 0.251 e. The minimum atomic E-state index is -0.933. The molecule has 112 valence electrons. The summed E-state index contributed by atoms with van der Waals surface area (Å²) in [4.78, 5) is 27.5. The maximum absolute atomic E-state index is 12.9. The standard InChI is InChI=1S/C17H22N2O2/c1-11(2)19-15(20)14(12-9-10-12)18-16(21)17(19,3)13-7-5-4-6-8-13/h4-8,11-12,14H,9-10H2,1-3H3,(H,18,21). The number of carbonyl (C=O) groups is 2. The van der Waals surface area contributed by atoms with Crippen LogP contribution < -0.4 is 5.32 Å². The second kappa shape index (κ2) is 4.86. The highest BCUT2D eigenvalue weighted by Gasteiger charge is 2.54. The summed E-state index contributed by atoms with van der Waals surface area (Å²) in [5.41, 5.74) is -0.0726. The van der Waals surface area contributed by atoms with Crippen LogP contribution in [0.5, 0.6) is 0 Å². The number of nitrogens with one attached hydrogen (secondary N) is 1. The molecule has 0 radical (unpaired) electrons. The third kappa shape index (κ3) is 2.13. The van der Waals surface area contributed by atoms with Crippen LogP contribution in [0.15, 0.2) is 30.3 Å². The number of rotatable bonds is 3. The summed E-state index contributed by atoms with van der Waals surface area (Å²) >= 11 is 0. The average molecular weight is 286 g/mol. The molecule has 0 aromatic heterocycles. The van der Waals surface area contributed by atoms with Gasteiger partial charge in [0.1, 0.15) is 11.6 Å². The number of hydrogen-bond donors (Lipinski definition) is 1. The van der Waals surface area contributed by atoms with Gasteiger partial charge in [-0.3, -0.25) is 9.59 Å². The number of nitrogens with zero attached hydrogens (tertiary/aromatic N) is 1. The minimum absolute atomic E-state index is 0.0185. The van der Waals surface area contributed by atoms with Gasteiger partial charge in [0.05, 0.1) is 0 Å². The molecule has 1 aromatic carbocycles. The summed E-state index contributed by atoms with van der Waals surface area (Å²) in [5.74, 6) is 0.306. The summed E-state index contributed by atoms with van der Waals surface area (Å²) in [5, 5.41) is 2.97. The molecule has 2 amide bonds. The zero-order valence-corrected chi connectivity index (χ0v) is 12.8. The van der Waals surface area contributed by atoms with Crippen LogP contribution in [0.2, 0.25) is 0 Å². The predicted octanol–water partition coefficient (Wildman–Crippen LogP) is 2.05. The molecule has 1 aliphatic carbocycles. The van der Waals surface area contributed by atoms with E-state index in [2.05, 4.69) is 5.32 Å². The van der Waals surface area contributed by atoms with Gasteiger partial charge < -0.3 is 10.2 Å². The summed E-state index contributed by atoms with van der Waals surface area (Å²) in [6, 6.07) is 9.21. The Morgan fingerprint density at radius 2 is 1.81 bits per heavy atom. The molecule has 3 rings (SSSR count). The molecule has 2 unspecified atom stereocenters. The van der Waals surface area contributed by atoms with E-state index in [-0.39, 0.29) is 23.9 Å². The van der Waals surface area contributed by atoms with Gasteiger partial charge in [-0.25, -0.2) is 0 Å². The predicted molar refractivity (Wildman–Crippen MR) is 80.4 cm³/mol. The topological polar surface area (TPSA) is 49.4 Å². The van der Waals surface area contributed by atoms with Gasteiger partial charge in [-0.15, -0.1) is 0 Å². The van der Waals surface area contributed by atoms with E-state index in [4.69, 9.17) is 0 Å². The molecule has 1 aromatic rings. The molecule has 1 aliphatic heterocycles. The Morgan fingerprint density at radius 3 is 2.33 bits per heavy atom. The molecule has 4 nitrogen and oxygen atoms in total. The van der Waals surface area contributed by atoms with Crippen LogP contribution >= 0.6 is 0 Å². The normalized spacial score (nSPS) is 29.7. The van der Waals surface area contributed by atoms with E-state index in [1.807, 2.05) is 51.1 Å². The van der Waals surface area contributed by atoms with Gasteiger partial charge in [0.15, 0.2) is 0 Å². The molecule has 2 fully saturated rings. The molecule has 2 aliphatic rings. The second-order valence-electron chi connectivity index (χ2n) is 6.53. The van der Waals surface area contributed by atoms with Crippen molar-refractivity contribution < 1.29 is 9.59 Å². The molecule has 0 bridgehead atoms. The molecule has 21 heavy (non-hydrogen) atoms. The maximum atomic E-state index is 12.9. The van der Waals surface area contributed by atoms with E-state index in [9.17, 15) is 9.59 Å². The van der Waals surface area contributed by atoms with Gasteiger partial charge in [0, 0.05) is 6.04 Å². The minimum Gasteiger partial charge on any atom is -0.342 e. The molecular formula is C17H22N2O2. The molecule has 1 heterocycles. The van der Waals surface area contributed by atoms with Gasteiger partial charge >= 0.3 is 0 Å². The van der Waals surface area contributed by atoms with Crippen molar-refractivity contribution in [3.05, 3.63) is 35.9 Å². The van der Waals surface area contributed by atoms with Gasteiger partial charge in [0.25, 0.3) is 5.91 Å². The number of hydrogen-bond acceptors (Lipinski definition) is 2. The summed E-state index contributed by atoms with van der Waals surface area (Å²) in [7, 11) is 0. The average Bonchev–Trinajstić information content (AvgIpc) is 3.28. The van der Waals surface area contributed by atoms with Crippen molar-refractivity contribution in [1.29, 1.82) is 0 Å². The van der Waals surface area contributed by atoms with E-state index in [1.165, 1.54) is 0 Å². The lowest BCUT2D eigenvalue weighted by molar-refractivity contribution is -0.160. The lowest BCUT2D eigenvalue weighted by Gasteiger charge is -2.48. The second-order valence-corrected chi connectivity index (χ2v) is 6.53. The van der Waals surface area contributed by atoms with E-state index >= 15 is 0 Å². The SMILES string of the molecule is CC(C)N1C(=O)C(C2CC2)NC(=O)C1(C)c1ccccc1. The highest BCUT2D eigenvalue weighted by molar-refractivity contribution is 6.00. The van der Waals surface area contributed by atoms with E-state index in [0.717, 1.165) is 18.4 Å². The highest BCUT2D eigenvalue weighted by atomic mass is 16.2. The van der Waals surface area contributed by atoms with Crippen molar-refractivity contribution in [3.63, 3.8) is 0 Å². The summed E-state index contributed by atoms with van der Waals surface area (Å²) in [6.45, 7) is 5.79. The Morgan fingerprint density at radius 1 is 1.19 bits per heavy atom. The Labute approximate surface area is 125 Å². The zero-order valence-electron chi connectivity index (χ0n) is 12.8. The number of piperazine rings is 1. The van der Waals surface area contributed by atoms with Gasteiger partial charge in [-0.2, -0.15) is 0 Å². The van der Waals surface area contributed by atoms with Crippen LogP contribution in [0.1, 0.15) is 39.2 Å². The molecule has 1 saturated heterocycles. The molecule has 0 spiro atoms. The van der Waals surface area contributed by atoms with Crippen molar-refractivity contribution in [2.75, 3.05) is 0 Å². The first-order valence-corrected chi connectivity index (χ1v) is 7.66. The van der Waals surface area contributed by atoms with Crippen LogP contribution in [0.25, 0.3) is 0 Å². The summed E-state index contributed by atoms with van der Waals surface area (Å²) < 4.78 is 0. The summed E-state index contributed by atoms with van der Waals surface area (Å²) in [6.07, 6.45) is 2.06. The zero-order chi connectivity index (χ0) is 15.2. The van der Waals surface area contributed by atoms with Crippen LogP contribution in [0.3, 0.4) is 0 Å². The van der Waals surface area contributed by atoms with Crippen molar-refractivity contribution in [1.82, 2.24) is 10.2 Å². The van der Waals surface area contributed by atoms with Crippen molar-refractivity contribution in [3.8, 4) is 0 Å². The Bertz CT molecular complexity index is 565. The van der Waals surface area contributed by atoms with Crippen LogP contribution in [-0.2, 0) is 15.1 Å². The Balaban J connectivity index is 2.05. The van der Waals surface area contributed by atoms with Gasteiger partial charge in [-0.05, 0) is 45.1 Å². The van der Waals surface area contributed by atoms with Crippen molar-refractivity contribution >= 4 is 11.8 Å². The monoisotopic (exact) mass is 286 g/mol. The lowest BCUT2D eigenvalue weighted by atomic mass is 9.84. The van der Waals surface area contributed by atoms with Crippen molar-refractivity contribution in [2.24, 2.45) is 5.92 Å². The van der Waals surface area contributed by atoms with E-state index < -0.39 is 5.54 Å². The Hall–Kier alpha value is -1.84. The lowest BCUT2D eigenvalue weighted by Crippen LogP contribution is -2.69. The van der Waals surface area contributed by atoms with Crippen molar-refractivity contribution in [2.45, 2.75) is 51.2 Å². The number of benzene rings is 1. The van der Waals surface area contributed by atoms with E-state index in [1.54, 1.807) is 4.90 Å². The third-order valence-electron chi connectivity index (χ3n) is 4.66. The first-order chi connectivity index (χ1) is 9.96. The molecular weight excluding hydrogens is 264 g/mol. The first kappa shape index (κ1) is 14.1. The molecule has 1 N–H and O–H groups in total. The fourth-order valence-electron chi connectivity index (χ4n) is 3.38.